The van der Waals surface area contributed by atoms with E-state index in [0.29, 0.717) is 22.6 Å². The molecule has 0 unspecified atom stereocenters. The van der Waals surface area contributed by atoms with Crippen molar-refractivity contribution >= 4 is 29.2 Å². The molecule has 0 saturated carbocycles. The van der Waals surface area contributed by atoms with Crippen LogP contribution in [0.1, 0.15) is 37.4 Å². The van der Waals surface area contributed by atoms with Crippen molar-refractivity contribution in [3.8, 4) is 5.75 Å². The van der Waals surface area contributed by atoms with Crippen molar-refractivity contribution in [2.24, 2.45) is 0 Å². The Morgan fingerprint density at radius 2 is 1.55 bits per heavy atom. The first kappa shape index (κ1) is 20.3. The standard InChI is InChI=1S/C25H19NO5/c1-30-15-31-17-12-9-16(10-13-17)11-14-22(27)26-21-8-4-7-20-23(21)25(29)19-6-3-2-5-18(19)24(20)28/h2-14H,15H2,1H3,(H,26,27)/b14-11+. The Kier molecular flexibility index (Phi) is 5.73. The summed E-state index contributed by atoms with van der Waals surface area (Å²) in [5.74, 6) is -0.264. The third-order valence-electron chi connectivity index (χ3n) is 4.86. The molecule has 154 valence electrons. The van der Waals surface area contributed by atoms with Crippen molar-refractivity contribution < 1.29 is 23.9 Å². The number of nitrogens with one attached hydrogen (secondary N) is 1. The fraction of sp³-hybridized carbons (Fsp3) is 0.0800. The zero-order chi connectivity index (χ0) is 21.8. The number of carbonyl (C=O) groups excluding carboxylic acids is 3. The highest BCUT2D eigenvalue weighted by molar-refractivity contribution is 6.30. The lowest BCUT2D eigenvalue weighted by molar-refractivity contribution is -0.111. The van der Waals surface area contributed by atoms with Crippen molar-refractivity contribution in [2.75, 3.05) is 19.2 Å². The maximum absolute atomic E-state index is 13.0. The molecule has 0 radical (unpaired) electrons. The van der Waals surface area contributed by atoms with Crippen LogP contribution >= 0.6 is 0 Å². The van der Waals surface area contributed by atoms with E-state index < -0.39 is 5.91 Å². The molecule has 3 aromatic carbocycles. The SMILES string of the molecule is COCOc1ccc(/C=C/C(=O)Nc2cccc3c2C(=O)c2ccccc2C3=O)cc1. The molecule has 4 rings (SSSR count). The zero-order valence-electron chi connectivity index (χ0n) is 16.8. The molecule has 31 heavy (non-hydrogen) atoms. The number of fused-ring (bicyclic) bond motifs is 2. The van der Waals surface area contributed by atoms with Gasteiger partial charge in [-0.3, -0.25) is 14.4 Å². The van der Waals surface area contributed by atoms with E-state index in [1.165, 1.54) is 6.08 Å². The number of rotatable bonds is 6. The molecule has 6 heteroatoms. The molecule has 1 aliphatic rings. The van der Waals surface area contributed by atoms with Gasteiger partial charge in [0.05, 0.1) is 11.3 Å². The van der Waals surface area contributed by atoms with Gasteiger partial charge in [0.1, 0.15) is 5.75 Å². The maximum Gasteiger partial charge on any atom is 0.248 e. The quantitative estimate of drug-likeness (QED) is 0.380. The van der Waals surface area contributed by atoms with Crippen LogP contribution in [0.3, 0.4) is 0 Å². The third kappa shape index (κ3) is 4.15. The van der Waals surface area contributed by atoms with Crippen molar-refractivity contribution in [3.63, 3.8) is 0 Å². The summed E-state index contributed by atoms with van der Waals surface area (Å²) in [5.41, 5.74) is 2.33. The minimum Gasteiger partial charge on any atom is -0.468 e. The van der Waals surface area contributed by atoms with Gasteiger partial charge >= 0.3 is 0 Å². The molecule has 0 fully saturated rings. The molecule has 0 atom stereocenters. The lowest BCUT2D eigenvalue weighted by Gasteiger charge is -2.20. The molecule has 0 bridgehead atoms. The first-order valence-corrected chi connectivity index (χ1v) is 9.61. The second-order valence-corrected chi connectivity index (χ2v) is 6.87. The fourth-order valence-corrected chi connectivity index (χ4v) is 3.40. The minimum atomic E-state index is -0.410. The van der Waals surface area contributed by atoms with Gasteiger partial charge in [0.2, 0.25) is 5.91 Å². The van der Waals surface area contributed by atoms with Crippen molar-refractivity contribution in [1.29, 1.82) is 0 Å². The van der Waals surface area contributed by atoms with Crippen LogP contribution in [-0.2, 0) is 9.53 Å². The zero-order valence-corrected chi connectivity index (χ0v) is 16.8. The molecule has 6 nitrogen and oxygen atoms in total. The smallest absolute Gasteiger partial charge is 0.248 e. The van der Waals surface area contributed by atoms with Crippen LogP contribution in [0.2, 0.25) is 0 Å². The molecular formula is C25H19NO5. The van der Waals surface area contributed by atoms with Crippen LogP contribution in [-0.4, -0.2) is 31.4 Å². The van der Waals surface area contributed by atoms with Crippen LogP contribution in [0.25, 0.3) is 6.08 Å². The van der Waals surface area contributed by atoms with E-state index in [1.54, 1.807) is 79.9 Å². The Morgan fingerprint density at radius 3 is 2.26 bits per heavy atom. The van der Waals surface area contributed by atoms with Gasteiger partial charge < -0.3 is 14.8 Å². The van der Waals surface area contributed by atoms with Gasteiger partial charge in [-0.2, -0.15) is 0 Å². The normalized spacial score (nSPS) is 12.4. The second kappa shape index (κ2) is 8.77. The molecular weight excluding hydrogens is 394 g/mol. The van der Waals surface area contributed by atoms with E-state index in [9.17, 15) is 14.4 Å². The van der Waals surface area contributed by atoms with Crippen LogP contribution in [0.5, 0.6) is 5.75 Å². The first-order valence-electron chi connectivity index (χ1n) is 9.61. The Morgan fingerprint density at radius 1 is 0.871 bits per heavy atom. The Labute approximate surface area is 179 Å². The number of ether oxygens (including phenoxy) is 2. The molecule has 0 heterocycles. The molecule has 1 aliphatic carbocycles. The van der Waals surface area contributed by atoms with Gasteiger partial charge in [-0.1, -0.05) is 48.5 Å². The van der Waals surface area contributed by atoms with Crippen LogP contribution in [0.4, 0.5) is 5.69 Å². The summed E-state index contributed by atoms with van der Waals surface area (Å²) in [6.45, 7) is 0.157. The lowest BCUT2D eigenvalue weighted by Crippen LogP contribution is -2.23. The highest BCUT2D eigenvalue weighted by Gasteiger charge is 2.31. The van der Waals surface area contributed by atoms with E-state index in [4.69, 9.17) is 9.47 Å². The molecule has 0 aromatic heterocycles. The predicted molar refractivity (Wildman–Crippen MR) is 116 cm³/mol. The molecule has 0 aliphatic heterocycles. The van der Waals surface area contributed by atoms with Gasteiger partial charge in [-0.05, 0) is 29.8 Å². The van der Waals surface area contributed by atoms with Gasteiger partial charge in [0.25, 0.3) is 0 Å². The Bertz CT molecular complexity index is 1190. The second-order valence-electron chi connectivity index (χ2n) is 6.87. The van der Waals surface area contributed by atoms with Gasteiger partial charge in [-0.25, -0.2) is 0 Å². The summed E-state index contributed by atoms with van der Waals surface area (Å²) >= 11 is 0. The van der Waals surface area contributed by atoms with Crippen molar-refractivity contribution in [3.05, 3.63) is 101 Å². The average Bonchev–Trinajstić information content (AvgIpc) is 2.80. The Balaban J connectivity index is 1.53. The first-order chi connectivity index (χ1) is 15.1. The van der Waals surface area contributed by atoms with E-state index in [1.807, 2.05) is 0 Å². The minimum absolute atomic E-state index is 0.157. The number of benzene rings is 3. The van der Waals surface area contributed by atoms with E-state index in [2.05, 4.69) is 5.32 Å². The van der Waals surface area contributed by atoms with Gasteiger partial charge in [-0.15, -0.1) is 0 Å². The summed E-state index contributed by atoms with van der Waals surface area (Å²) in [5, 5.41) is 2.72. The Hall–Kier alpha value is -4.03. The molecule has 3 aromatic rings. The lowest BCUT2D eigenvalue weighted by atomic mass is 9.83. The summed E-state index contributed by atoms with van der Waals surface area (Å²) < 4.78 is 10.2. The highest BCUT2D eigenvalue weighted by Crippen LogP contribution is 2.31. The van der Waals surface area contributed by atoms with E-state index in [-0.39, 0.29) is 29.5 Å². The summed E-state index contributed by atoms with van der Waals surface area (Å²) in [4.78, 5) is 38.3. The number of anilines is 1. The largest absolute Gasteiger partial charge is 0.468 e. The topological polar surface area (TPSA) is 81.7 Å². The number of hydrogen-bond donors (Lipinski definition) is 1. The number of hydrogen-bond acceptors (Lipinski definition) is 5. The third-order valence-corrected chi connectivity index (χ3v) is 4.86. The summed E-state index contributed by atoms with van der Waals surface area (Å²) in [7, 11) is 1.54. The van der Waals surface area contributed by atoms with Crippen LogP contribution in [0.15, 0.2) is 72.8 Å². The van der Waals surface area contributed by atoms with Gasteiger partial charge in [0, 0.05) is 29.9 Å². The van der Waals surface area contributed by atoms with Gasteiger partial charge in [0.15, 0.2) is 18.4 Å². The molecule has 0 spiro atoms. The number of amides is 1. The van der Waals surface area contributed by atoms with Crippen LogP contribution < -0.4 is 10.1 Å². The highest BCUT2D eigenvalue weighted by atomic mass is 16.7. The van der Waals surface area contributed by atoms with E-state index >= 15 is 0 Å². The molecule has 1 amide bonds. The van der Waals surface area contributed by atoms with Crippen molar-refractivity contribution in [2.45, 2.75) is 0 Å². The number of carbonyl (C=O) groups is 3. The monoisotopic (exact) mass is 413 g/mol. The average molecular weight is 413 g/mol. The number of methoxy groups -OCH3 is 1. The molecule has 1 N–H and O–H groups in total. The summed E-state index contributed by atoms with van der Waals surface area (Å²) in [6, 6.07) is 18.7. The van der Waals surface area contributed by atoms with Crippen LogP contribution in [0, 0.1) is 0 Å². The fourth-order valence-electron chi connectivity index (χ4n) is 3.40. The number of ketones is 2. The maximum atomic E-state index is 13.0. The summed E-state index contributed by atoms with van der Waals surface area (Å²) in [6.07, 6.45) is 3.01. The predicted octanol–water partition coefficient (Wildman–Crippen LogP) is 4.10. The van der Waals surface area contributed by atoms with E-state index in [0.717, 1.165) is 5.56 Å². The molecule has 0 saturated heterocycles. The van der Waals surface area contributed by atoms with Crippen molar-refractivity contribution in [1.82, 2.24) is 0 Å².